The van der Waals surface area contributed by atoms with Gasteiger partial charge in [0.2, 0.25) is 0 Å². The molecule has 0 amide bonds. The third-order valence-electron chi connectivity index (χ3n) is 6.79. The minimum Gasteiger partial charge on any atom is -0.329 e. The molecule has 4 bridgehead atoms. The van der Waals surface area contributed by atoms with Gasteiger partial charge >= 0.3 is 7.82 Å². The fourth-order valence-corrected chi connectivity index (χ4v) is 6.77. The SMILES string of the molecule is C[N+](C)(C)CCOP(=O)(O)OCCCCCC12CC3CC(CC(C3)C1)C2. The molecular formula is C20H39NO4P+. The lowest BCUT2D eigenvalue weighted by Gasteiger charge is -2.57. The maximum absolute atomic E-state index is 11.9. The highest BCUT2D eigenvalue weighted by Crippen LogP contribution is 2.61. The second-order valence-corrected chi connectivity index (χ2v) is 11.8. The van der Waals surface area contributed by atoms with Crippen molar-refractivity contribution < 1.29 is 23.0 Å². The molecule has 0 aromatic heterocycles. The van der Waals surface area contributed by atoms with Gasteiger partial charge in [-0.3, -0.25) is 9.05 Å². The lowest BCUT2D eigenvalue weighted by molar-refractivity contribution is -0.870. The van der Waals surface area contributed by atoms with E-state index in [1.165, 1.54) is 51.4 Å². The molecule has 0 aromatic rings. The largest absolute Gasteiger partial charge is 0.472 e. The van der Waals surface area contributed by atoms with Crippen LogP contribution in [-0.2, 0) is 13.6 Å². The minimum absolute atomic E-state index is 0.239. The summed E-state index contributed by atoms with van der Waals surface area (Å²) < 4.78 is 22.7. The topological polar surface area (TPSA) is 55.8 Å². The zero-order chi connectivity index (χ0) is 18.8. The Hall–Kier alpha value is 0.0700. The van der Waals surface area contributed by atoms with E-state index in [1.54, 1.807) is 0 Å². The van der Waals surface area contributed by atoms with Crippen molar-refractivity contribution in [1.82, 2.24) is 0 Å². The molecule has 0 radical (unpaired) electrons. The summed E-state index contributed by atoms with van der Waals surface area (Å²) in [6, 6.07) is 0. The van der Waals surface area contributed by atoms with Crippen LogP contribution in [0.4, 0.5) is 0 Å². The highest BCUT2D eigenvalue weighted by Gasteiger charge is 2.50. The van der Waals surface area contributed by atoms with Gasteiger partial charge in [0.15, 0.2) is 0 Å². The Labute approximate surface area is 159 Å². The Morgan fingerprint density at radius 3 is 2.00 bits per heavy atom. The van der Waals surface area contributed by atoms with Crippen LogP contribution in [0.1, 0.15) is 64.2 Å². The van der Waals surface area contributed by atoms with Crippen molar-refractivity contribution in [3.8, 4) is 0 Å². The standard InChI is InChI=1S/C20H38NO4P/c1-21(2,3)8-10-25-26(22,23)24-9-6-4-5-7-20-14-17-11-18(15-20)13-19(12-17)16-20/h17-19H,4-16H2,1-3H3/p+1. The van der Waals surface area contributed by atoms with E-state index in [1.807, 2.05) is 21.1 Å². The molecule has 0 aromatic carbocycles. The fraction of sp³-hybridized carbons (Fsp3) is 1.00. The molecule has 26 heavy (non-hydrogen) atoms. The van der Waals surface area contributed by atoms with Gasteiger partial charge in [0, 0.05) is 0 Å². The van der Waals surface area contributed by atoms with Crippen LogP contribution < -0.4 is 0 Å². The summed E-state index contributed by atoms with van der Waals surface area (Å²) in [5, 5.41) is 0. The molecule has 6 heteroatoms. The maximum atomic E-state index is 11.9. The Balaban J connectivity index is 1.27. The van der Waals surface area contributed by atoms with Crippen molar-refractivity contribution >= 4 is 7.82 Å². The summed E-state index contributed by atoms with van der Waals surface area (Å²) in [4.78, 5) is 9.73. The number of hydrogen-bond acceptors (Lipinski definition) is 3. The summed E-state index contributed by atoms with van der Waals surface area (Å²) in [5.41, 5.74) is 0.649. The Kier molecular flexibility index (Phi) is 6.56. The average molecular weight is 389 g/mol. The quantitative estimate of drug-likeness (QED) is 0.319. The van der Waals surface area contributed by atoms with E-state index < -0.39 is 7.82 Å². The third-order valence-corrected chi connectivity index (χ3v) is 7.81. The van der Waals surface area contributed by atoms with Crippen molar-refractivity contribution in [2.45, 2.75) is 64.2 Å². The van der Waals surface area contributed by atoms with E-state index in [-0.39, 0.29) is 6.61 Å². The number of hydrogen-bond donors (Lipinski definition) is 1. The highest BCUT2D eigenvalue weighted by atomic mass is 31.2. The second kappa shape index (κ2) is 8.21. The first-order valence-corrected chi connectivity index (χ1v) is 12.1. The molecule has 5 nitrogen and oxygen atoms in total. The summed E-state index contributed by atoms with van der Waals surface area (Å²) >= 11 is 0. The van der Waals surface area contributed by atoms with Crippen LogP contribution in [0.5, 0.6) is 0 Å². The monoisotopic (exact) mass is 388 g/mol. The molecular weight excluding hydrogens is 349 g/mol. The van der Waals surface area contributed by atoms with E-state index in [4.69, 9.17) is 9.05 Å². The Morgan fingerprint density at radius 2 is 1.46 bits per heavy atom. The van der Waals surface area contributed by atoms with Gasteiger partial charge in [0.1, 0.15) is 13.2 Å². The van der Waals surface area contributed by atoms with Crippen molar-refractivity contribution in [2.24, 2.45) is 23.2 Å². The molecule has 4 saturated carbocycles. The van der Waals surface area contributed by atoms with Crippen molar-refractivity contribution in [2.75, 3.05) is 40.9 Å². The molecule has 1 N–H and O–H groups in total. The summed E-state index contributed by atoms with van der Waals surface area (Å²) in [6.07, 6.45) is 13.5. The molecule has 1 unspecified atom stereocenters. The Morgan fingerprint density at radius 1 is 0.923 bits per heavy atom. The minimum atomic E-state index is -3.88. The van der Waals surface area contributed by atoms with Crippen molar-refractivity contribution in [3.63, 3.8) is 0 Å². The van der Waals surface area contributed by atoms with Gasteiger partial charge in [-0.2, -0.15) is 0 Å². The number of rotatable bonds is 11. The van der Waals surface area contributed by atoms with Crippen LogP contribution in [0.15, 0.2) is 0 Å². The molecule has 4 rings (SSSR count). The lowest BCUT2D eigenvalue weighted by Crippen LogP contribution is -2.45. The van der Waals surface area contributed by atoms with Gasteiger partial charge in [0.05, 0.1) is 27.7 Å². The maximum Gasteiger partial charge on any atom is 0.472 e. The molecule has 152 valence electrons. The zero-order valence-electron chi connectivity index (χ0n) is 17.0. The molecule has 4 aliphatic rings. The fourth-order valence-electron chi connectivity index (χ4n) is 6.02. The van der Waals surface area contributed by atoms with E-state index in [0.29, 0.717) is 23.0 Å². The Bertz CT molecular complexity index is 481. The van der Waals surface area contributed by atoms with E-state index >= 15 is 0 Å². The van der Waals surface area contributed by atoms with Crippen LogP contribution in [0.3, 0.4) is 0 Å². The molecule has 0 heterocycles. The highest BCUT2D eigenvalue weighted by molar-refractivity contribution is 7.47. The van der Waals surface area contributed by atoms with Gasteiger partial charge in [-0.1, -0.05) is 12.8 Å². The van der Waals surface area contributed by atoms with Crippen molar-refractivity contribution in [1.29, 1.82) is 0 Å². The number of phosphoric ester groups is 1. The molecule has 0 aliphatic heterocycles. The number of phosphoric acid groups is 1. The molecule has 1 atom stereocenters. The average Bonchev–Trinajstić information content (AvgIpc) is 2.47. The van der Waals surface area contributed by atoms with Gasteiger partial charge < -0.3 is 9.38 Å². The van der Waals surface area contributed by atoms with Gasteiger partial charge in [-0.05, 0) is 74.5 Å². The third kappa shape index (κ3) is 6.04. The first kappa shape index (κ1) is 20.8. The number of nitrogens with zero attached hydrogens (tertiary/aromatic N) is 1. The first-order chi connectivity index (χ1) is 12.1. The van der Waals surface area contributed by atoms with E-state index in [2.05, 4.69) is 0 Å². The molecule has 4 fully saturated rings. The number of quaternary nitrogens is 1. The smallest absolute Gasteiger partial charge is 0.329 e. The van der Waals surface area contributed by atoms with Crippen molar-refractivity contribution in [3.05, 3.63) is 0 Å². The predicted molar refractivity (Wildman–Crippen MR) is 104 cm³/mol. The summed E-state index contributed by atoms with van der Waals surface area (Å²) in [6.45, 7) is 1.24. The van der Waals surface area contributed by atoms with Gasteiger partial charge in [-0.25, -0.2) is 4.57 Å². The molecule has 4 aliphatic carbocycles. The van der Waals surface area contributed by atoms with Crippen LogP contribution in [-0.4, -0.2) is 50.3 Å². The van der Waals surface area contributed by atoms with Crippen LogP contribution in [0, 0.1) is 23.2 Å². The van der Waals surface area contributed by atoms with E-state index in [0.717, 1.165) is 30.6 Å². The summed E-state index contributed by atoms with van der Waals surface area (Å²) in [7, 11) is 2.19. The zero-order valence-corrected chi connectivity index (χ0v) is 17.9. The second-order valence-electron chi connectivity index (χ2n) is 10.4. The van der Waals surface area contributed by atoms with Crippen LogP contribution in [0.2, 0.25) is 0 Å². The predicted octanol–water partition coefficient (Wildman–Crippen LogP) is 4.60. The number of likely N-dealkylation sites (N-methyl/N-ethyl adjacent to an activating group) is 1. The molecule has 0 saturated heterocycles. The lowest BCUT2D eigenvalue weighted by atomic mass is 9.48. The van der Waals surface area contributed by atoms with Crippen LogP contribution in [0.25, 0.3) is 0 Å². The molecule has 0 spiro atoms. The van der Waals surface area contributed by atoms with E-state index in [9.17, 15) is 9.46 Å². The van der Waals surface area contributed by atoms with Crippen LogP contribution >= 0.6 is 7.82 Å². The summed E-state index contributed by atoms with van der Waals surface area (Å²) in [5.74, 6) is 3.07. The normalized spacial score (nSPS) is 35.6. The first-order valence-electron chi connectivity index (χ1n) is 10.6. The number of unbranched alkanes of at least 4 members (excludes halogenated alkanes) is 2. The van der Waals surface area contributed by atoms with Gasteiger partial charge in [-0.15, -0.1) is 0 Å². The van der Waals surface area contributed by atoms with Gasteiger partial charge in [0.25, 0.3) is 0 Å².